The predicted octanol–water partition coefficient (Wildman–Crippen LogP) is 3.99. The van der Waals surface area contributed by atoms with Crippen molar-refractivity contribution in [2.75, 3.05) is 27.8 Å². The van der Waals surface area contributed by atoms with Crippen LogP contribution < -0.4 is 43.0 Å². The Hall–Kier alpha value is -4.20. The number of nitrogens with two attached hydrogens (primary N) is 2. The SMILES string of the molecule is CC.CC.CCc1ccc2c(c1)CN(c1c(N)c(=O)c1=O)C2.CCc1ccc2c(c1)CN(c1c(N)c(=O)c1=O)CC2. The van der Waals surface area contributed by atoms with E-state index in [9.17, 15) is 19.2 Å². The molecule has 0 aliphatic carbocycles. The van der Waals surface area contributed by atoms with Crippen molar-refractivity contribution >= 4 is 22.7 Å². The van der Waals surface area contributed by atoms with E-state index in [-0.39, 0.29) is 11.4 Å². The summed E-state index contributed by atoms with van der Waals surface area (Å²) < 4.78 is 0. The second kappa shape index (κ2) is 13.4. The predicted molar refractivity (Wildman–Crippen MR) is 171 cm³/mol. The maximum absolute atomic E-state index is 11.6. The molecule has 0 saturated carbocycles. The van der Waals surface area contributed by atoms with Crippen LogP contribution in [0.3, 0.4) is 0 Å². The third-order valence-corrected chi connectivity index (χ3v) is 7.57. The molecule has 4 N–H and O–H groups in total. The second-order valence-corrected chi connectivity index (χ2v) is 9.78. The van der Waals surface area contributed by atoms with Crippen LogP contribution in [0.15, 0.2) is 55.6 Å². The molecule has 41 heavy (non-hydrogen) atoms. The van der Waals surface area contributed by atoms with Crippen molar-refractivity contribution < 1.29 is 0 Å². The minimum absolute atomic E-state index is 0.114. The molecule has 0 unspecified atom stereocenters. The Kier molecular flexibility index (Phi) is 10.3. The molecule has 4 aromatic carbocycles. The highest BCUT2D eigenvalue weighted by molar-refractivity contribution is 5.74. The van der Waals surface area contributed by atoms with Crippen LogP contribution in [-0.2, 0) is 38.9 Å². The van der Waals surface area contributed by atoms with E-state index in [0.29, 0.717) is 31.0 Å². The zero-order valence-corrected chi connectivity index (χ0v) is 25.1. The smallest absolute Gasteiger partial charge is 0.253 e. The van der Waals surface area contributed by atoms with E-state index in [1.807, 2.05) is 37.5 Å². The Bertz CT molecular complexity index is 1660. The summed E-state index contributed by atoms with van der Waals surface area (Å²) in [5, 5.41) is 0. The lowest BCUT2D eigenvalue weighted by Gasteiger charge is -2.31. The van der Waals surface area contributed by atoms with Gasteiger partial charge in [-0.05, 0) is 52.6 Å². The Morgan fingerprint density at radius 2 is 1.00 bits per heavy atom. The highest BCUT2D eigenvalue weighted by Crippen LogP contribution is 2.30. The zero-order valence-electron chi connectivity index (χ0n) is 25.1. The van der Waals surface area contributed by atoms with Crippen LogP contribution in [0.1, 0.15) is 74.9 Å². The van der Waals surface area contributed by atoms with Gasteiger partial charge in [-0.25, -0.2) is 0 Å². The minimum Gasteiger partial charge on any atom is -0.394 e. The maximum Gasteiger partial charge on any atom is 0.253 e. The number of nitrogens with zero attached hydrogens (tertiary/aromatic N) is 2. The van der Waals surface area contributed by atoms with Gasteiger partial charge in [0, 0.05) is 26.2 Å². The highest BCUT2D eigenvalue weighted by atomic mass is 16.2. The molecule has 8 nitrogen and oxygen atoms in total. The van der Waals surface area contributed by atoms with Gasteiger partial charge in [-0.2, -0.15) is 0 Å². The largest absolute Gasteiger partial charge is 0.394 e. The van der Waals surface area contributed by atoms with Crippen molar-refractivity contribution in [2.24, 2.45) is 0 Å². The average Bonchev–Trinajstić information content (AvgIpc) is 3.44. The number of aryl methyl sites for hydroxylation is 2. The quantitative estimate of drug-likeness (QED) is 0.360. The fourth-order valence-corrected chi connectivity index (χ4v) is 5.27. The van der Waals surface area contributed by atoms with Gasteiger partial charge in [0.25, 0.3) is 21.7 Å². The van der Waals surface area contributed by atoms with Gasteiger partial charge in [0.15, 0.2) is 0 Å². The van der Waals surface area contributed by atoms with Gasteiger partial charge in [-0.3, -0.25) is 19.2 Å². The number of nitrogen functional groups attached to an aromatic ring is 2. The Balaban J connectivity index is 0.000000202. The lowest BCUT2D eigenvalue weighted by molar-refractivity contribution is 0.725. The van der Waals surface area contributed by atoms with Gasteiger partial charge in [0.2, 0.25) is 0 Å². The van der Waals surface area contributed by atoms with Gasteiger partial charge in [0.05, 0.1) is 0 Å². The normalized spacial score (nSPS) is 13.3. The first-order chi connectivity index (χ1) is 19.7. The van der Waals surface area contributed by atoms with E-state index in [2.05, 4.69) is 50.2 Å². The second-order valence-electron chi connectivity index (χ2n) is 9.78. The molecule has 0 amide bonds. The van der Waals surface area contributed by atoms with Crippen molar-refractivity contribution in [2.45, 2.75) is 80.4 Å². The van der Waals surface area contributed by atoms with Crippen LogP contribution in [0.5, 0.6) is 0 Å². The zero-order chi connectivity index (χ0) is 30.4. The van der Waals surface area contributed by atoms with Gasteiger partial charge in [-0.15, -0.1) is 0 Å². The number of fused-ring (bicyclic) bond motifs is 2. The summed E-state index contributed by atoms with van der Waals surface area (Å²) in [6.45, 7) is 15.0. The summed E-state index contributed by atoms with van der Waals surface area (Å²) in [6, 6.07) is 12.9. The Morgan fingerprint density at radius 3 is 1.49 bits per heavy atom. The molecule has 2 heterocycles. The minimum atomic E-state index is -0.546. The topological polar surface area (TPSA) is 127 Å². The summed E-state index contributed by atoms with van der Waals surface area (Å²) >= 11 is 0. The molecule has 0 bridgehead atoms. The first-order valence-electron chi connectivity index (χ1n) is 14.6. The van der Waals surface area contributed by atoms with E-state index >= 15 is 0 Å². The van der Waals surface area contributed by atoms with Crippen LogP contribution >= 0.6 is 0 Å². The standard InChI is InChI=1S/C15H16N2O2.C14H14N2O2.2C2H6/c1-2-9-3-4-10-5-6-17(8-11(10)7-9)13-12(16)14(18)15(13)19;1-2-8-3-4-9-6-16(7-10(9)5-8)12-11(15)13(17)14(12)18;2*1-2/h3-4,7H,2,5-6,8,16H2,1H3;3-5H,2,6-7,15H2,1H3;2*1-2H3. The van der Waals surface area contributed by atoms with Crippen molar-refractivity contribution in [1.82, 2.24) is 0 Å². The molecular weight excluding hydrogens is 516 g/mol. The molecule has 6 rings (SSSR count). The molecule has 0 fully saturated rings. The molecular formula is C33H42N4O4. The van der Waals surface area contributed by atoms with Gasteiger partial charge in [-0.1, -0.05) is 77.9 Å². The van der Waals surface area contributed by atoms with E-state index in [4.69, 9.17) is 11.5 Å². The molecule has 0 spiro atoms. The molecule has 2 aliphatic heterocycles. The number of rotatable bonds is 4. The van der Waals surface area contributed by atoms with Crippen molar-refractivity contribution in [3.63, 3.8) is 0 Å². The summed E-state index contributed by atoms with van der Waals surface area (Å²) in [5.74, 6) is 0. The Labute approximate surface area is 241 Å². The molecule has 0 atom stereocenters. The van der Waals surface area contributed by atoms with Crippen molar-refractivity contribution in [3.8, 4) is 0 Å². The lowest BCUT2D eigenvalue weighted by atomic mass is 9.95. The fourth-order valence-electron chi connectivity index (χ4n) is 5.27. The van der Waals surface area contributed by atoms with E-state index in [1.54, 1.807) is 0 Å². The molecule has 4 aromatic rings. The molecule has 218 valence electrons. The van der Waals surface area contributed by atoms with Crippen LogP contribution in [0.4, 0.5) is 22.7 Å². The molecule has 0 radical (unpaired) electrons. The average molecular weight is 559 g/mol. The van der Waals surface area contributed by atoms with E-state index < -0.39 is 21.7 Å². The summed E-state index contributed by atoms with van der Waals surface area (Å²) in [6.07, 6.45) is 2.88. The van der Waals surface area contributed by atoms with Gasteiger partial charge in [0.1, 0.15) is 22.7 Å². The molecule has 8 heteroatoms. The number of anilines is 4. The highest BCUT2D eigenvalue weighted by Gasteiger charge is 2.29. The summed E-state index contributed by atoms with van der Waals surface area (Å²) in [7, 11) is 0. The third-order valence-electron chi connectivity index (χ3n) is 7.57. The number of hydrogen-bond donors (Lipinski definition) is 2. The molecule has 0 saturated heterocycles. The van der Waals surface area contributed by atoms with Gasteiger partial charge >= 0.3 is 0 Å². The molecule has 0 aromatic heterocycles. The first kappa shape index (κ1) is 31.3. The lowest BCUT2D eigenvalue weighted by Crippen LogP contribution is -2.44. The fraction of sp³-hybridized carbons (Fsp3) is 0.394. The van der Waals surface area contributed by atoms with E-state index in [1.165, 1.54) is 33.4 Å². The van der Waals surface area contributed by atoms with Crippen LogP contribution in [0.2, 0.25) is 0 Å². The first-order valence-corrected chi connectivity index (χ1v) is 14.6. The summed E-state index contributed by atoms with van der Waals surface area (Å²) in [4.78, 5) is 49.2. The van der Waals surface area contributed by atoms with Gasteiger partial charge < -0.3 is 21.3 Å². The van der Waals surface area contributed by atoms with Crippen molar-refractivity contribution in [1.29, 1.82) is 0 Å². The third kappa shape index (κ3) is 5.97. The van der Waals surface area contributed by atoms with Crippen LogP contribution in [0, 0.1) is 0 Å². The molecule has 2 aliphatic rings. The summed E-state index contributed by atoms with van der Waals surface area (Å²) in [5.41, 5.74) is 17.9. The number of hydrogen-bond acceptors (Lipinski definition) is 8. The van der Waals surface area contributed by atoms with Crippen LogP contribution in [-0.4, -0.2) is 6.54 Å². The van der Waals surface area contributed by atoms with E-state index in [0.717, 1.165) is 25.8 Å². The van der Waals surface area contributed by atoms with Crippen LogP contribution in [0.25, 0.3) is 0 Å². The number of benzene rings is 2. The Morgan fingerprint density at radius 1 is 0.585 bits per heavy atom. The maximum atomic E-state index is 11.6. The van der Waals surface area contributed by atoms with Crippen molar-refractivity contribution in [3.05, 3.63) is 111 Å². The monoisotopic (exact) mass is 558 g/mol.